The number of carbonyl (C=O) groups excluding carboxylic acids is 1. The molecular formula is C13H19FN2OS. The lowest BCUT2D eigenvalue weighted by molar-refractivity contribution is 0.0944. The van der Waals surface area contributed by atoms with Crippen molar-refractivity contribution >= 4 is 23.4 Å². The maximum absolute atomic E-state index is 13.6. The number of hydrogen-bond donors (Lipinski definition) is 2. The molecule has 0 aromatic heterocycles. The Morgan fingerprint density at radius 2 is 2.22 bits per heavy atom. The Hall–Kier alpha value is -1.23. The number of halogens is 1. The minimum absolute atomic E-state index is 0.0604. The van der Waals surface area contributed by atoms with E-state index in [1.165, 1.54) is 6.07 Å². The first-order valence-electron chi connectivity index (χ1n) is 5.92. The van der Waals surface area contributed by atoms with Gasteiger partial charge in [0.2, 0.25) is 0 Å². The van der Waals surface area contributed by atoms with Crippen molar-refractivity contribution in [2.45, 2.75) is 19.9 Å². The average molecular weight is 270 g/mol. The second-order valence-corrected chi connectivity index (χ2v) is 4.93. The molecule has 0 radical (unpaired) electrons. The van der Waals surface area contributed by atoms with Crippen molar-refractivity contribution in [3.05, 3.63) is 29.6 Å². The summed E-state index contributed by atoms with van der Waals surface area (Å²) in [6.07, 6.45) is 1.98. The zero-order valence-corrected chi connectivity index (χ0v) is 11.7. The van der Waals surface area contributed by atoms with Crippen molar-refractivity contribution in [3.63, 3.8) is 0 Å². The second kappa shape index (κ2) is 7.26. The van der Waals surface area contributed by atoms with E-state index in [1.54, 1.807) is 23.9 Å². The summed E-state index contributed by atoms with van der Waals surface area (Å²) in [5.74, 6) is 0.187. The lowest BCUT2D eigenvalue weighted by atomic mass is 10.1. The van der Waals surface area contributed by atoms with E-state index in [4.69, 9.17) is 0 Å². The molecule has 18 heavy (non-hydrogen) atoms. The van der Waals surface area contributed by atoms with Gasteiger partial charge in [0.15, 0.2) is 0 Å². The normalized spacial score (nSPS) is 12.0. The quantitative estimate of drug-likeness (QED) is 0.835. The van der Waals surface area contributed by atoms with Crippen molar-refractivity contribution in [1.29, 1.82) is 0 Å². The maximum atomic E-state index is 13.6. The van der Waals surface area contributed by atoms with Gasteiger partial charge in [-0.1, -0.05) is 6.07 Å². The summed E-state index contributed by atoms with van der Waals surface area (Å²) in [4.78, 5) is 12.1. The van der Waals surface area contributed by atoms with Crippen LogP contribution in [0.1, 0.15) is 24.2 Å². The van der Waals surface area contributed by atoms with Gasteiger partial charge in [0.1, 0.15) is 5.82 Å². The van der Waals surface area contributed by atoms with Gasteiger partial charge in [-0.3, -0.25) is 4.79 Å². The fraction of sp³-hybridized carbons (Fsp3) is 0.462. The van der Waals surface area contributed by atoms with Crippen LogP contribution in [0.15, 0.2) is 18.2 Å². The summed E-state index contributed by atoms with van der Waals surface area (Å²) in [5.41, 5.74) is 0.624. The number of amides is 1. The molecule has 1 aromatic carbocycles. The molecule has 1 unspecified atom stereocenters. The highest BCUT2D eigenvalue weighted by Crippen LogP contribution is 2.19. The van der Waals surface area contributed by atoms with Crippen molar-refractivity contribution in [2.75, 3.05) is 23.9 Å². The van der Waals surface area contributed by atoms with Crippen LogP contribution in [0.2, 0.25) is 0 Å². The monoisotopic (exact) mass is 270 g/mol. The average Bonchev–Trinajstić information content (AvgIpc) is 2.32. The van der Waals surface area contributed by atoms with E-state index in [9.17, 15) is 9.18 Å². The third kappa shape index (κ3) is 3.91. The number of anilines is 1. The molecule has 2 N–H and O–H groups in total. The predicted octanol–water partition coefficient (Wildman–Crippen LogP) is 2.74. The first kappa shape index (κ1) is 14.8. The van der Waals surface area contributed by atoms with Crippen LogP contribution >= 0.6 is 11.8 Å². The molecule has 1 atom stereocenters. The van der Waals surface area contributed by atoms with Crippen molar-refractivity contribution in [1.82, 2.24) is 5.32 Å². The third-order valence-electron chi connectivity index (χ3n) is 2.41. The fourth-order valence-electron chi connectivity index (χ4n) is 1.66. The second-order valence-electron chi connectivity index (χ2n) is 4.02. The molecule has 3 nitrogen and oxygen atoms in total. The first-order chi connectivity index (χ1) is 8.60. The van der Waals surface area contributed by atoms with Crippen molar-refractivity contribution < 1.29 is 9.18 Å². The van der Waals surface area contributed by atoms with Gasteiger partial charge in [-0.25, -0.2) is 4.39 Å². The minimum Gasteiger partial charge on any atom is -0.382 e. The van der Waals surface area contributed by atoms with E-state index in [0.717, 1.165) is 5.75 Å². The molecule has 1 aromatic rings. The van der Waals surface area contributed by atoms with Gasteiger partial charge in [0.25, 0.3) is 5.91 Å². The maximum Gasteiger partial charge on any atom is 0.253 e. The summed E-state index contributed by atoms with van der Waals surface area (Å²) in [6.45, 7) is 4.37. The SMILES string of the molecule is CCNc1c(F)cccc1C(=O)NC(C)CSC. The Balaban J connectivity index is 2.87. The zero-order chi connectivity index (χ0) is 13.5. The molecular weight excluding hydrogens is 251 g/mol. The number of hydrogen-bond acceptors (Lipinski definition) is 3. The topological polar surface area (TPSA) is 41.1 Å². The van der Waals surface area contributed by atoms with Crippen LogP contribution < -0.4 is 10.6 Å². The van der Waals surface area contributed by atoms with Gasteiger partial charge < -0.3 is 10.6 Å². The predicted molar refractivity (Wildman–Crippen MR) is 75.9 cm³/mol. The summed E-state index contributed by atoms with van der Waals surface area (Å²) < 4.78 is 13.6. The van der Waals surface area contributed by atoms with E-state index in [0.29, 0.717) is 12.1 Å². The summed E-state index contributed by atoms with van der Waals surface area (Å²) in [7, 11) is 0. The van der Waals surface area contributed by atoms with E-state index >= 15 is 0 Å². The number of nitrogens with one attached hydrogen (secondary N) is 2. The number of rotatable bonds is 6. The highest BCUT2D eigenvalue weighted by molar-refractivity contribution is 7.98. The largest absolute Gasteiger partial charge is 0.382 e. The number of carbonyl (C=O) groups is 1. The molecule has 0 heterocycles. The number of thioether (sulfide) groups is 1. The molecule has 1 amide bonds. The molecule has 0 spiro atoms. The van der Waals surface area contributed by atoms with E-state index in [1.807, 2.05) is 20.1 Å². The molecule has 5 heteroatoms. The highest BCUT2D eigenvalue weighted by Gasteiger charge is 2.16. The van der Waals surface area contributed by atoms with Crippen molar-refractivity contribution in [3.8, 4) is 0 Å². The van der Waals surface area contributed by atoms with Gasteiger partial charge in [-0.2, -0.15) is 11.8 Å². The molecule has 0 saturated heterocycles. The molecule has 0 saturated carbocycles. The standard InChI is InChI=1S/C13H19FN2OS/c1-4-15-12-10(6-5-7-11(12)14)13(17)16-9(2)8-18-3/h5-7,9,15H,4,8H2,1-3H3,(H,16,17). The van der Waals surface area contributed by atoms with E-state index < -0.39 is 5.82 Å². The van der Waals surface area contributed by atoms with Crippen LogP contribution in [0.25, 0.3) is 0 Å². The van der Waals surface area contributed by atoms with Gasteiger partial charge >= 0.3 is 0 Å². The van der Waals surface area contributed by atoms with Crippen LogP contribution in [0.4, 0.5) is 10.1 Å². The Kier molecular flexibility index (Phi) is 5.98. The zero-order valence-electron chi connectivity index (χ0n) is 10.9. The van der Waals surface area contributed by atoms with Crippen LogP contribution in [0.3, 0.4) is 0 Å². The summed E-state index contributed by atoms with van der Waals surface area (Å²) in [5, 5.41) is 5.75. The van der Waals surface area contributed by atoms with Gasteiger partial charge in [0, 0.05) is 18.3 Å². The molecule has 0 aliphatic heterocycles. The molecule has 100 valence electrons. The Morgan fingerprint density at radius 1 is 1.50 bits per heavy atom. The Bertz CT molecular complexity index is 412. The lowest BCUT2D eigenvalue weighted by Gasteiger charge is -2.15. The highest BCUT2D eigenvalue weighted by atomic mass is 32.2. The van der Waals surface area contributed by atoms with Crippen LogP contribution in [-0.4, -0.2) is 30.5 Å². The fourth-order valence-corrected chi connectivity index (χ4v) is 2.25. The number of benzene rings is 1. The lowest BCUT2D eigenvalue weighted by Crippen LogP contribution is -2.34. The van der Waals surface area contributed by atoms with Crippen LogP contribution in [-0.2, 0) is 0 Å². The van der Waals surface area contributed by atoms with Gasteiger partial charge in [0.05, 0.1) is 11.3 Å². The number of para-hydroxylation sites is 1. The first-order valence-corrected chi connectivity index (χ1v) is 7.31. The van der Waals surface area contributed by atoms with Gasteiger partial charge in [-0.15, -0.1) is 0 Å². The van der Waals surface area contributed by atoms with Crippen LogP contribution in [0, 0.1) is 5.82 Å². The third-order valence-corrected chi connectivity index (χ3v) is 3.24. The molecule has 0 bridgehead atoms. The summed E-state index contributed by atoms with van der Waals surface area (Å²) >= 11 is 1.66. The minimum atomic E-state index is -0.401. The van der Waals surface area contributed by atoms with Gasteiger partial charge in [-0.05, 0) is 32.2 Å². The van der Waals surface area contributed by atoms with Crippen molar-refractivity contribution in [2.24, 2.45) is 0 Å². The Morgan fingerprint density at radius 3 is 2.83 bits per heavy atom. The Labute approximate surface area is 112 Å². The van der Waals surface area contributed by atoms with E-state index in [2.05, 4.69) is 10.6 Å². The molecule has 1 rings (SSSR count). The van der Waals surface area contributed by atoms with Crippen LogP contribution in [0.5, 0.6) is 0 Å². The van der Waals surface area contributed by atoms with E-state index in [-0.39, 0.29) is 17.6 Å². The molecule has 0 fully saturated rings. The molecule has 0 aliphatic rings. The smallest absolute Gasteiger partial charge is 0.253 e. The molecule has 0 aliphatic carbocycles. The summed E-state index contributed by atoms with van der Waals surface area (Å²) in [6, 6.07) is 4.58.